The Morgan fingerprint density at radius 2 is 2.00 bits per heavy atom. The molecule has 0 spiro atoms. The van der Waals surface area contributed by atoms with Crippen LogP contribution in [-0.4, -0.2) is 14.9 Å². The Balaban J connectivity index is 2.50. The van der Waals surface area contributed by atoms with Crippen LogP contribution in [0.4, 0.5) is 0 Å². The third kappa shape index (κ3) is 2.42. The second-order valence-corrected chi connectivity index (χ2v) is 5.08. The quantitative estimate of drug-likeness (QED) is 0.923. The van der Waals surface area contributed by atoms with Gasteiger partial charge in [0.1, 0.15) is 0 Å². The summed E-state index contributed by atoms with van der Waals surface area (Å²) < 4.78 is 2.83. The highest BCUT2D eigenvalue weighted by atomic mass is 79.9. The summed E-state index contributed by atoms with van der Waals surface area (Å²) in [6.45, 7) is 5.75. The highest BCUT2D eigenvalue weighted by molar-refractivity contribution is 9.10. The summed E-state index contributed by atoms with van der Waals surface area (Å²) in [7, 11) is 0. The molecule has 1 aromatic heterocycles. The highest BCUT2D eigenvalue weighted by Gasteiger charge is 2.09. The molecule has 17 heavy (non-hydrogen) atoms. The summed E-state index contributed by atoms with van der Waals surface area (Å²) in [4.78, 5) is 0. The van der Waals surface area contributed by atoms with Crippen molar-refractivity contribution in [2.45, 2.75) is 26.9 Å². The Morgan fingerprint density at radius 3 is 2.47 bits per heavy atom. The average Bonchev–Trinajstić information content (AvgIpc) is 2.57. The Bertz CT molecular complexity index is 546. The van der Waals surface area contributed by atoms with Gasteiger partial charge in [0.15, 0.2) is 0 Å². The molecule has 0 amide bonds. The minimum absolute atomic E-state index is 0.458. The topological polar surface area (TPSA) is 38.0 Å². The zero-order valence-corrected chi connectivity index (χ0v) is 11.7. The number of rotatable bonds is 2. The zero-order valence-electron chi connectivity index (χ0n) is 10.1. The molecule has 90 valence electrons. The number of aliphatic hydroxyl groups is 1. The number of nitrogens with zero attached hydrogens (tertiary/aromatic N) is 2. The van der Waals surface area contributed by atoms with Crippen molar-refractivity contribution in [1.29, 1.82) is 0 Å². The number of halogens is 1. The summed E-state index contributed by atoms with van der Waals surface area (Å²) in [6, 6.07) is 7.85. The van der Waals surface area contributed by atoms with E-state index in [2.05, 4.69) is 21.0 Å². The maximum atomic E-state index is 9.53. The molecule has 0 fully saturated rings. The minimum Gasteiger partial charge on any atom is -0.389 e. The molecule has 1 heterocycles. The van der Waals surface area contributed by atoms with Gasteiger partial charge in [-0.05, 0) is 60.5 Å². The van der Waals surface area contributed by atoms with Crippen LogP contribution < -0.4 is 0 Å². The van der Waals surface area contributed by atoms with Gasteiger partial charge >= 0.3 is 0 Å². The van der Waals surface area contributed by atoms with E-state index in [1.54, 1.807) is 6.92 Å². The van der Waals surface area contributed by atoms with Crippen LogP contribution in [0.25, 0.3) is 5.69 Å². The van der Waals surface area contributed by atoms with Crippen molar-refractivity contribution in [3.05, 3.63) is 45.7 Å². The van der Waals surface area contributed by atoms with Gasteiger partial charge in [0, 0.05) is 10.2 Å². The van der Waals surface area contributed by atoms with Gasteiger partial charge in [-0.15, -0.1) is 0 Å². The van der Waals surface area contributed by atoms with Crippen LogP contribution in [0, 0.1) is 13.8 Å². The normalized spacial score (nSPS) is 12.8. The van der Waals surface area contributed by atoms with Gasteiger partial charge in [-0.2, -0.15) is 5.10 Å². The lowest BCUT2D eigenvalue weighted by Crippen LogP contribution is -2.01. The maximum absolute atomic E-state index is 9.53. The molecule has 0 aliphatic heterocycles. The number of aliphatic hydroxyl groups excluding tert-OH is 1. The lowest BCUT2D eigenvalue weighted by molar-refractivity contribution is 0.199. The van der Waals surface area contributed by atoms with E-state index in [4.69, 9.17) is 0 Å². The van der Waals surface area contributed by atoms with Crippen molar-refractivity contribution in [3.8, 4) is 5.69 Å². The number of aromatic nitrogens is 2. The van der Waals surface area contributed by atoms with Crippen LogP contribution in [0.2, 0.25) is 0 Å². The molecule has 0 radical (unpaired) electrons. The number of hydrogen-bond donors (Lipinski definition) is 1. The minimum atomic E-state index is -0.458. The molecular weight excluding hydrogens is 280 g/mol. The van der Waals surface area contributed by atoms with E-state index in [1.807, 2.05) is 42.8 Å². The maximum Gasteiger partial charge on any atom is 0.0790 e. The molecular formula is C13H15BrN2O. The molecule has 0 unspecified atom stereocenters. The van der Waals surface area contributed by atoms with Crippen molar-refractivity contribution in [1.82, 2.24) is 9.78 Å². The third-order valence-corrected chi connectivity index (χ3v) is 3.33. The van der Waals surface area contributed by atoms with Gasteiger partial charge in [0.25, 0.3) is 0 Å². The Labute approximate surface area is 109 Å². The summed E-state index contributed by atoms with van der Waals surface area (Å²) >= 11 is 3.52. The van der Waals surface area contributed by atoms with Gasteiger partial charge in [-0.25, -0.2) is 4.68 Å². The van der Waals surface area contributed by atoms with Gasteiger partial charge < -0.3 is 5.11 Å². The summed E-state index contributed by atoms with van der Waals surface area (Å²) in [5.41, 5.74) is 3.96. The first-order chi connectivity index (χ1) is 7.99. The fourth-order valence-corrected chi connectivity index (χ4v) is 2.39. The van der Waals surface area contributed by atoms with E-state index < -0.39 is 6.10 Å². The van der Waals surface area contributed by atoms with Gasteiger partial charge in [0.05, 0.1) is 17.5 Å². The molecule has 0 aliphatic rings. The lowest BCUT2D eigenvalue weighted by atomic mass is 10.1. The summed E-state index contributed by atoms with van der Waals surface area (Å²) in [5, 5.41) is 14.0. The number of aryl methyl sites for hydroxylation is 2. The molecule has 1 aromatic carbocycles. The molecule has 0 saturated carbocycles. The second kappa shape index (κ2) is 4.63. The molecule has 4 heteroatoms. The first-order valence-corrected chi connectivity index (χ1v) is 6.29. The number of hydrogen-bond acceptors (Lipinski definition) is 2. The van der Waals surface area contributed by atoms with E-state index in [0.29, 0.717) is 0 Å². The molecule has 1 atom stereocenters. The smallest absolute Gasteiger partial charge is 0.0790 e. The Morgan fingerprint density at radius 1 is 1.29 bits per heavy atom. The molecule has 2 aromatic rings. The fraction of sp³-hybridized carbons (Fsp3) is 0.308. The standard InChI is InChI=1S/C13H15BrN2O/c1-8-6-9(2)16(15-8)13-5-4-11(10(3)17)7-12(13)14/h4-7,10,17H,1-3H3/t10-/m1/s1. The number of benzene rings is 1. The van der Waals surface area contributed by atoms with Crippen molar-refractivity contribution in [2.24, 2.45) is 0 Å². The Hall–Kier alpha value is -1.13. The monoisotopic (exact) mass is 294 g/mol. The average molecular weight is 295 g/mol. The summed E-state index contributed by atoms with van der Waals surface area (Å²) in [5.74, 6) is 0. The first kappa shape index (κ1) is 12.3. The predicted molar refractivity (Wildman–Crippen MR) is 71.4 cm³/mol. The SMILES string of the molecule is Cc1cc(C)n(-c2ccc([C@@H](C)O)cc2Br)n1. The molecule has 0 bridgehead atoms. The van der Waals surface area contributed by atoms with Gasteiger partial charge in [-0.3, -0.25) is 0 Å². The molecule has 1 N–H and O–H groups in total. The van der Waals surface area contributed by atoms with Crippen molar-refractivity contribution in [2.75, 3.05) is 0 Å². The van der Waals surface area contributed by atoms with Crippen molar-refractivity contribution >= 4 is 15.9 Å². The van der Waals surface area contributed by atoms with Crippen molar-refractivity contribution < 1.29 is 5.11 Å². The van der Waals surface area contributed by atoms with Crippen molar-refractivity contribution in [3.63, 3.8) is 0 Å². The predicted octanol–water partition coefficient (Wildman–Crippen LogP) is 3.30. The van der Waals surface area contributed by atoms with Crippen LogP contribution in [0.1, 0.15) is 30.0 Å². The van der Waals surface area contributed by atoms with Crippen LogP contribution in [-0.2, 0) is 0 Å². The van der Waals surface area contributed by atoms with Crippen LogP contribution in [0.15, 0.2) is 28.7 Å². The van der Waals surface area contributed by atoms with E-state index >= 15 is 0 Å². The van der Waals surface area contributed by atoms with Crippen LogP contribution in [0.5, 0.6) is 0 Å². The fourth-order valence-electron chi connectivity index (χ4n) is 1.83. The van der Waals surface area contributed by atoms with Gasteiger partial charge in [-0.1, -0.05) is 6.07 Å². The van der Waals surface area contributed by atoms with E-state index in [9.17, 15) is 5.11 Å². The van der Waals surface area contributed by atoms with E-state index in [1.165, 1.54) is 0 Å². The summed E-state index contributed by atoms with van der Waals surface area (Å²) in [6.07, 6.45) is -0.458. The largest absolute Gasteiger partial charge is 0.389 e. The molecule has 0 saturated heterocycles. The lowest BCUT2D eigenvalue weighted by Gasteiger charge is -2.10. The molecule has 0 aliphatic carbocycles. The van der Waals surface area contributed by atoms with Crippen LogP contribution >= 0.6 is 15.9 Å². The highest BCUT2D eigenvalue weighted by Crippen LogP contribution is 2.26. The van der Waals surface area contributed by atoms with E-state index in [-0.39, 0.29) is 0 Å². The van der Waals surface area contributed by atoms with E-state index in [0.717, 1.165) is 27.1 Å². The molecule has 3 nitrogen and oxygen atoms in total. The third-order valence-electron chi connectivity index (χ3n) is 2.69. The first-order valence-electron chi connectivity index (χ1n) is 5.50. The second-order valence-electron chi connectivity index (χ2n) is 4.23. The molecule has 2 rings (SSSR count). The Kier molecular flexibility index (Phi) is 3.35. The van der Waals surface area contributed by atoms with Crippen LogP contribution in [0.3, 0.4) is 0 Å². The van der Waals surface area contributed by atoms with Gasteiger partial charge in [0.2, 0.25) is 0 Å². The zero-order chi connectivity index (χ0) is 12.6.